The Kier molecular flexibility index (Phi) is 8.90. The first-order chi connectivity index (χ1) is 18.8. The van der Waals surface area contributed by atoms with E-state index in [0.717, 1.165) is 39.8 Å². The number of ether oxygens (including phenoxy) is 2. The number of nitrogens with zero attached hydrogens (tertiary/aromatic N) is 1. The predicted molar refractivity (Wildman–Crippen MR) is 147 cm³/mol. The minimum absolute atomic E-state index is 0.220. The van der Waals surface area contributed by atoms with E-state index in [9.17, 15) is 24.4 Å². The third-order valence-electron chi connectivity index (χ3n) is 6.45. The third kappa shape index (κ3) is 6.33. The van der Waals surface area contributed by atoms with E-state index in [1.54, 1.807) is 35.6 Å². The Morgan fingerprint density at radius 1 is 1.30 bits per heavy atom. The molecule has 4 N–H and O–H groups in total. The summed E-state index contributed by atoms with van der Waals surface area (Å²) in [7, 11) is -3.29. The summed E-state index contributed by atoms with van der Waals surface area (Å²) in [4.78, 5) is 50.1. The number of aliphatic hydroxyl groups is 1. The van der Waals surface area contributed by atoms with Gasteiger partial charge in [0.2, 0.25) is 0 Å². The molecule has 12 nitrogen and oxygen atoms in total. The summed E-state index contributed by atoms with van der Waals surface area (Å²) < 4.78 is 38.1. The van der Waals surface area contributed by atoms with Gasteiger partial charge in [0.25, 0.3) is 0 Å². The van der Waals surface area contributed by atoms with Gasteiger partial charge in [-0.25, -0.2) is 0 Å². The van der Waals surface area contributed by atoms with Gasteiger partial charge in [0.05, 0.1) is 0 Å². The van der Waals surface area contributed by atoms with Crippen molar-refractivity contribution in [3.8, 4) is 16.2 Å². The zero-order chi connectivity index (χ0) is 29.2. The van der Waals surface area contributed by atoms with E-state index in [1.807, 2.05) is 23.4 Å². The number of aliphatic hydroxyl groups excluding tert-OH is 1. The SMILES string of the molecule is COC(=O)[C@H](C)N[PH](O)(OC[C@H]1O[C@@H](n2ccc(=O)[nH]c2=O)[C@](C)(F)[C@@H]1O)Oc1ccc(-c2sccc2C)cc1. The molecule has 3 aromatic rings. The monoisotopic (exact) mass is 599 g/mol. The van der Waals surface area contributed by atoms with E-state index in [2.05, 4.69) is 5.09 Å². The molecule has 4 rings (SSSR count). The maximum absolute atomic E-state index is 15.6. The second-order valence-corrected chi connectivity index (χ2v) is 12.3. The van der Waals surface area contributed by atoms with Crippen LogP contribution in [0.4, 0.5) is 4.39 Å². The molecule has 0 bridgehead atoms. The summed E-state index contributed by atoms with van der Waals surface area (Å²) in [6.07, 6.45) is -3.71. The number of aromatic nitrogens is 2. The number of rotatable bonds is 10. The minimum atomic E-state index is -4.47. The van der Waals surface area contributed by atoms with Gasteiger partial charge in [-0.15, -0.1) is 0 Å². The van der Waals surface area contributed by atoms with Crippen LogP contribution in [0.25, 0.3) is 10.4 Å². The molecule has 1 aliphatic heterocycles. The average Bonchev–Trinajstić information content (AvgIpc) is 3.43. The van der Waals surface area contributed by atoms with Crippen LogP contribution in [0.2, 0.25) is 0 Å². The van der Waals surface area contributed by atoms with E-state index in [-0.39, 0.29) is 5.75 Å². The van der Waals surface area contributed by atoms with Crippen molar-refractivity contribution in [2.24, 2.45) is 0 Å². The number of carbonyl (C=O) groups is 1. The third-order valence-corrected chi connectivity index (χ3v) is 9.39. The van der Waals surface area contributed by atoms with Gasteiger partial charge in [0.1, 0.15) is 0 Å². The Hall–Kier alpha value is -2.97. The van der Waals surface area contributed by atoms with Crippen molar-refractivity contribution in [1.82, 2.24) is 14.6 Å². The molecule has 0 unspecified atom stereocenters. The fourth-order valence-electron chi connectivity index (χ4n) is 4.27. The summed E-state index contributed by atoms with van der Waals surface area (Å²) in [6.45, 7) is 3.88. The van der Waals surface area contributed by atoms with Crippen LogP contribution in [0.3, 0.4) is 0 Å². The zero-order valence-electron chi connectivity index (χ0n) is 22.1. The molecule has 0 saturated carbocycles. The van der Waals surface area contributed by atoms with Crippen LogP contribution in [-0.2, 0) is 18.8 Å². The van der Waals surface area contributed by atoms with Gasteiger partial charge >= 0.3 is 233 Å². The number of hydrogen-bond donors (Lipinski definition) is 4. The molecule has 1 aromatic carbocycles. The number of halogens is 1. The van der Waals surface area contributed by atoms with E-state index >= 15 is 4.39 Å². The van der Waals surface area contributed by atoms with Crippen molar-refractivity contribution in [3.05, 3.63) is 74.4 Å². The fraction of sp³-hybridized carbons (Fsp3) is 0.400. The number of benzene rings is 1. The topological polar surface area (TPSA) is 161 Å². The van der Waals surface area contributed by atoms with Gasteiger partial charge in [0.15, 0.2) is 0 Å². The van der Waals surface area contributed by atoms with Gasteiger partial charge in [0, 0.05) is 0 Å². The number of methoxy groups -OCH3 is 1. The van der Waals surface area contributed by atoms with E-state index < -0.39 is 62.1 Å². The van der Waals surface area contributed by atoms with Gasteiger partial charge in [-0.05, 0) is 0 Å². The normalized spacial score (nSPS) is 24.0. The van der Waals surface area contributed by atoms with Gasteiger partial charge in [-0.2, -0.15) is 0 Å². The molecule has 15 heteroatoms. The molecule has 218 valence electrons. The van der Waals surface area contributed by atoms with Crippen molar-refractivity contribution in [2.45, 2.75) is 50.9 Å². The van der Waals surface area contributed by atoms with Gasteiger partial charge in [-0.3, -0.25) is 0 Å². The van der Waals surface area contributed by atoms with E-state index in [4.69, 9.17) is 18.5 Å². The Balaban J connectivity index is 1.53. The Bertz CT molecular complexity index is 1460. The van der Waals surface area contributed by atoms with Crippen LogP contribution < -0.4 is 20.9 Å². The first kappa shape index (κ1) is 30.0. The summed E-state index contributed by atoms with van der Waals surface area (Å²) in [6, 6.07) is 8.82. The molecule has 40 heavy (non-hydrogen) atoms. The molecule has 1 fully saturated rings. The van der Waals surface area contributed by atoms with Crippen LogP contribution in [0.5, 0.6) is 5.75 Å². The summed E-state index contributed by atoms with van der Waals surface area (Å²) >= 11 is 1.58. The van der Waals surface area contributed by atoms with Crippen molar-refractivity contribution in [1.29, 1.82) is 0 Å². The van der Waals surface area contributed by atoms with Gasteiger partial charge < -0.3 is 0 Å². The van der Waals surface area contributed by atoms with Gasteiger partial charge in [-0.1, -0.05) is 0 Å². The van der Waals surface area contributed by atoms with Crippen molar-refractivity contribution < 1.29 is 37.7 Å². The molecule has 0 radical (unpaired) electrons. The van der Waals surface area contributed by atoms with Crippen LogP contribution in [0, 0.1) is 6.92 Å². The number of hydrogen-bond acceptors (Lipinski definition) is 11. The number of alkyl halides is 1. The Morgan fingerprint density at radius 2 is 2.00 bits per heavy atom. The van der Waals surface area contributed by atoms with Crippen LogP contribution in [-0.4, -0.2) is 63.2 Å². The number of H-pyrrole nitrogens is 1. The summed E-state index contributed by atoms with van der Waals surface area (Å²) in [5.74, 6) is -0.481. The molecule has 3 heterocycles. The Morgan fingerprint density at radius 3 is 2.60 bits per heavy atom. The molecule has 0 aliphatic carbocycles. The molecule has 0 spiro atoms. The van der Waals surface area contributed by atoms with Crippen LogP contribution >= 0.6 is 19.4 Å². The average molecular weight is 600 g/mol. The fourth-order valence-corrected chi connectivity index (χ4v) is 6.92. The molecule has 5 atom stereocenters. The molecular formula is C25H31FN3O9PS. The first-order valence-electron chi connectivity index (χ1n) is 12.2. The zero-order valence-corrected chi connectivity index (χ0v) is 23.9. The Labute approximate surface area is 232 Å². The summed E-state index contributed by atoms with van der Waals surface area (Å²) in [5, 5.41) is 15.3. The standard InChI is InChI=1S/C25H31FN3O9PS/c1-14-10-12-40-20(14)16-5-7-17(8-6-16)38-39(34,28-15(2)22(32)35-4)36-13-18-21(31)25(3,26)23(37-18)29-11-9-19(30)27-24(29)33/h5-12,15,18,21,23,28,31,34,39H,13H2,1-4H3,(H,27,30,33)/t15-,18+,21+,23+,25+/m0/s1. The number of carbonyl (C=O) groups excluding carboxylic acids is 1. The first-order valence-corrected chi connectivity index (χ1v) is 14.9. The maximum atomic E-state index is 15.6. The molecule has 1 aliphatic rings. The molecule has 1 saturated heterocycles. The second-order valence-electron chi connectivity index (χ2n) is 9.48. The van der Waals surface area contributed by atoms with E-state index in [1.165, 1.54) is 14.0 Å². The van der Waals surface area contributed by atoms with Crippen LogP contribution in [0.15, 0.2) is 57.6 Å². The predicted octanol–water partition coefficient (Wildman–Crippen LogP) is 2.21. The number of aryl methyl sites for hydroxylation is 1. The molecule has 0 amide bonds. The van der Waals surface area contributed by atoms with Crippen molar-refractivity contribution in [2.75, 3.05) is 13.7 Å². The van der Waals surface area contributed by atoms with Crippen molar-refractivity contribution in [3.63, 3.8) is 0 Å². The molecule has 2 aromatic heterocycles. The quantitative estimate of drug-likeness (QED) is 0.201. The van der Waals surface area contributed by atoms with Crippen molar-refractivity contribution >= 4 is 25.4 Å². The number of thiophene rings is 1. The summed E-state index contributed by atoms with van der Waals surface area (Å²) in [5.41, 5.74) is -2.04. The molecular weight excluding hydrogens is 568 g/mol. The second kappa shape index (κ2) is 11.9. The van der Waals surface area contributed by atoms with E-state index in [0.29, 0.717) is 0 Å². The number of aromatic amines is 1. The van der Waals surface area contributed by atoms with Crippen LogP contribution in [0.1, 0.15) is 25.6 Å². The number of esters is 1. The number of nitrogens with one attached hydrogen (secondary N) is 2.